The van der Waals surface area contributed by atoms with Crippen LogP contribution < -0.4 is 9.62 Å². The van der Waals surface area contributed by atoms with Crippen molar-refractivity contribution in [2.24, 2.45) is 0 Å². The van der Waals surface area contributed by atoms with Crippen LogP contribution in [0.4, 0.5) is 10.1 Å². The Morgan fingerprint density at radius 3 is 2.38 bits per heavy atom. The number of rotatable bonds is 6. The molecule has 0 bridgehead atoms. The summed E-state index contributed by atoms with van der Waals surface area (Å²) in [7, 11) is -4.22. The smallest absolute Gasteiger partial charge is 0.299 e. The van der Waals surface area contributed by atoms with Crippen molar-refractivity contribution in [2.75, 3.05) is 4.90 Å². The lowest BCUT2D eigenvalue weighted by Crippen LogP contribution is -2.29. The van der Waals surface area contributed by atoms with Gasteiger partial charge >= 0.3 is 0 Å². The lowest BCUT2D eigenvalue weighted by atomic mass is 10.0. The van der Waals surface area contributed by atoms with Gasteiger partial charge in [0.2, 0.25) is 0 Å². The van der Waals surface area contributed by atoms with E-state index in [1.54, 1.807) is 12.1 Å². The van der Waals surface area contributed by atoms with Crippen molar-refractivity contribution >= 4 is 50.2 Å². The van der Waals surface area contributed by atoms with Gasteiger partial charge in [-0.2, -0.15) is 0 Å². The molecule has 4 aromatic rings. The predicted octanol–water partition coefficient (Wildman–Crippen LogP) is 4.23. The van der Waals surface area contributed by atoms with Gasteiger partial charge in [-0.05, 0) is 64.4 Å². The van der Waals surface area contributed by atoms with E-state index < -0.39 is 33.4 Å². The second-order valence-electron chi connectivity index (χ2n) is 8.40. The second kappa shape index (κ2) is 9.44. The largest absolute Gasteiger partial charge is 0.300 e. The Kier molecular flexibility index (Phi) is 6.14. The molecule has 9 heteroatoms. The Balaban J connectivity index is 1.42. The van der Waals surface area contributed by atoms with Crippen molar-refractivity contribution in [3.8, 4) is 0 Å². The number of halogens is 1. The highest BCUT2D eigenvalue weighted by molar-refractivity contribution is 7.90. The molecule has 184 valence electrons. The Morgan fingerprint density at radius 1 is 0.892 bits per heavy atom. The van der Waals surface area contributed by atoms with Gasteiger partial charge in [0.05, 0.1) is 22.7 Å². The first-order valence-corrected chi connectivity index (χ1v) is 12.7. The Morgan fingerprint density at radius 2 is 1.62 bits per heavy atom. The number of Topliss-reactive ketones (excluding diaryl/α,β-unsaturated/α-hetero) is 1. The lowest BCUT2D eigenvalue weighted by molar-refractivity contribution is -0.115. The maximum absolute atomic E-state index is 13.1. The zero-order valence-corrected chi connectivity index (χ0v) is 20.0. The molecule has 2 amide bonds. The fraction of sp³-hybridized carbons (Fsp3) is 0.0357. The molecule has 0 atom stereocenters. The van der Waals surface area contributed by atoms with Crippen molar-refractivity contribution in [1.29, 1.82) is 0 Å². The number of benzene rings is 4. The number of hydrogen-bond acceptors (Lipinski definition) is 5. The number of ketones is 1. The van der Waals surface area contributed by atoms with E-state index in [0.29, 0.717) is 11.3 Å². The number of carbonyl (C=O) groups is 3. The maximum atomic E-state index is 13.1. The number of para-hydroxylation sites is 1. The molecule has 0 aromatic heterocycles. The van der Waals surface area contributed by atoms with Gasteiger partial charge in [-0.15, -0.1) is 0 Å². The third-order valence-corrected chi connectivity index (χ3v) is 7.31. The molecule has 0 radical (unpaired) electrons. The van der Waals surface area contributed by atoms with Crippen LogP contribution >= 0.6 is 0 Å². The van der Waals surface area contributed by atoms with E-state index in [1.165, 1.54) is 17.0 Å². The van der Waals surface area contributed by atoms with E-state index in [4.69, 9.17) is 0 Å². The molecule has 0 saturated carbocycles. The van der Waals surface area contributed by atoms with Gasteiger partial charge in [0, 0.05) is 6.08 Å². The van der Waals surface area contributed by atoms with Crippen LogP contribution in [0.5, 0.6) is 0 Å². The van der Waals surface area contributed by atoms with E-state index in [0.717, 1.165) is 46.7 Å². The summed E-state index contributed by atoms with van der Waals surface area (Å²) < 4.78 is 39.8. The average molecular weight is 515 g/mol. The maximum Gasteiger partial charge on any atom is 0.299 e. The van der Waals surface area contributed by atoms with Crippen molar-refractivity contribution in [3.63, 3.8) is 0 Å². The fourth-order valence-electron chi connectivity index (χ4n) is 4.19. The molecule has 7 nitrogen and oxygen atoms in total. The summed E-state index contributed by atoms with van der Waals surface area (Å²) in [6.45, 7) is 0.137. The average Bonchev–Trinajstić information content (AvgIpc) is 3.12. The molecular formula is C28H19FN2O5S. The molecule has 0 fully saturated rings. The molecule has 1 heterocycles. The third-order valence-electron chi connectivity index (χ3n) is 5.95. The van der Waals surface area contributed by atoms with Crippen LogP contribution in [0.1, 0.15) is 21.5 Å². The number of anilines is 1. The Labute approximate surface area is 211 Å². The van der Waals surface area contributed by atoms with Crippen molar-refractivity contribution < 1.29 is 27.2 Å². The van der Waals surface area contributed by atoms with Gasteiger partial charge in [-0.25, -0.2) is 17.5 Å². The first-order chi connectivity index (χ1) is 17.7. The van der Waals surface area contributed by atoms with Crippen LogP contribution in [0.2, 0.25) is 0 Å². The van der Waals surface area contributed by atoms with Crippen LogP contribution in [0, 0.1) is 5.82 Å². The Bertz CT molecular complexity index is 1710. The highest BCUT2D eigenvalue weighted by atomic mass is 32.2. The first kappa shape index (κ1) is 24.1. The molecule has 0 unspecified atom stereocenters. The Hall–Kier alpha value is -4.63. The van der Waals surface area contributed by atoms with E-state index in [2.05, 4.69) is 0 Å². The molecule has 0 aliphatic carbocycles. The predicted molar refractivity (Wildman–Crippen MR) is 137 cm³/mol. The molecule has 37 heavy (non-hydrogen) atoms. The number of hydrogen-bond donors (Lipinski definition) is 1. The molecule has 4 aromatic carbocycles. The number of nitrogens with one attached hydrogen (secondary N) is 1. The van der Waals surface area contributed by atoms with Crippen LogP contribution in [0.3, 0.4) is 0 Å². The molecular weight excluding hydrogens is 495 g/mol. The van der Waals surface area contributed by atoms with E-state index in [-0.39, 0.29) is 17.0 Å². The topological polar surface area (TPSA) is 101 Å². The summed E-state index contributed by atoms with van der Waals surface area (Å²) in [4.78, 5) is 39.0. The van der Waals surface area contributed by atoms with Crippen LogP contribution in [0.25, 0.3) is 16.8 Å². The van der Waals surface area contributed by atoms with Crippen molar-refractivity contribution in [2.45, 2.75) is 11.4 Å². The van der Waals surface area contributed by atoms with Gasteiger partial charge in [-0.3, -0.25) is 19.3 Å². The third kappa shape index (κ3) is 4.76. The number of fused-ring (bicyclic) bond motifs is 2. The molecule has 5 rings (SSSR count). The van der Waals surface area contributed by atoms with Crippen LogP contribution in [-0.4, -0.2) is 26.0 Å². The van der Waals surface area contributed by atoms with E-state index >= 15 is 0 Å². The summed E-state index contributed by atoms with van der Waals surface area (Å²) >= 11 is 0. The molecule has 0 saturated heterocycles. The van der Waals surface area contributed by atoms with E-state index in [1.807, 2.05) is 47.2 Å². The summed E-state index contributed by atoms with van der Waals surface area (Å²) in [6.07, 6.45) is 2.34. The molecule has 1 aliphatic heterocycles. The first-order valence-electron chi connectivity index (χ1n) is 11.2. The normalized spacial score (nSPS) is 13.4. The van der Waals surface area contributed by atoms with Gasteiger partial charge < -0.3 is 0 Å². The van der Waals surface area contributed by atoms with Crippen molar-refractivity contribution in [3.05, 3.63) is 114 Å². The monoisotopic (exact) mass is 514 g/mol. The summed E-state index contributed by atoms with van der Waals surface area (Å²) in [5.74, 6) is -2.90. The number of nitrogens with zero attached hydrogens (tertiary/aromatic N) is 1. The summed E-state index contributed by atoms with van der Waals surface area (Å²) in [5, 5.41) is 2.03. The van der Waals surface area contributed by atoms with Crippen LogP contribution in [-0.2, 0) is 26.2 Å². The number of amides is 2. The molecule has 1 aliphatic rings. The van der Waals surface area contributed by atoms with Gasteiger partial charge in [-0.1, -0.05) is 48.5 Å². The number of carbonyl (C=O) groups excluding carboxylic acids is 3. The zero-order chi connectivity index (χ0) is 26.2. The zero-order valence-electron chi connectivity index (χ0n) is 19.2. The summed E-state index contributed by atoms with van der Waals surface area (Å²) in [5.41, 5.74) is 1.75. The second-order valence-corrected chi connectivity index (χ2v) is 10.1. The van der Waals surface area contributed by atoms with Gasteiger partial charge in [0.25, 0.3) is 27.6 Å². The van der Waals surface area contributed by atoms with E-state index in [9.17, 15) is 27.2 Å². The van der Waals surface area contributed by atoms with Gasteiger partial charge in [0.1, 0.15) is 5.82 Å². The quantitative estimate of drug-likeness (QED) is 0.307. The standard InChI is InChI=1S/C28H19FN2O5S/c29-22-11-13-23(14-12-22)37(35,36)30-25(32)15-10-20-6-3-7-24-26(20)31(28(34)27(24)33)17-18-8-9-19-4-1-2-5-21(19)16-18/h1-16H,17H2,(H,30,32)/b15-10+. The minimum absolute atomic E-state index is 0.137. The van der Waals surface area contributed by atoms with Crippen molar-refractivity contribution in [1.82, 2.24) is 4.72 Å². The fourth-order valence-corrected chi connectivity index (χ4v) is 5.14. The molecule has 1 N–H and O–H groups in total. The highest BCUT2D eigenvalue weighted by Gasteiger charge is 2.37. The summed E-state index contributed by atoms with van der Waals surface area (Å²) in [6, 6.07) is 22.3. The minimum atomic E-state index is -4.22. The van der Waals surface area contributed by atoms with Crippen LogP contribution in [0.15, 0.2) is 95.9 Å². The highest BCUT2D eigenvalue weighted by Crippen LogP contribution is 2.35. The molecule has 0 spiro atoms. The van der Waals surface area contributed by atoms with Gasteiger partial charge in [0.15, 0.2) is 0 Å². The lowest BCUT2D eigenvalue weighted by Gasteiger charge is -2.19. The number of sulfonamides is 1. The SMILES string of the molecule is O=C(/C=C/c1cccc2c1N(Cc1ccc3ccccc3c1)C(=O)C2=O)NS(=O)(=O)c1ccc(F)cc1. The minimum Gasteiger partial charge on any atom is -0.300 e.